The summed E-state index contributed by atoms with van der Waals surface area (Å²) in [6.45, 7) is 5.00. The van der Waals surface area contributed by atoms with Gasteiger partial charge in [0.25, 0.3) is 0 Å². The van der Waals surface area contributed by atoms with Crippen molar-refractivity contribution >= 4 is 0 Å². The molecule has 1 heterocycles. The first-order valence-corrected chi connectivity index (χ1v) is 7.14. The van der Waals surface area contributed by atoms with Crippen LogP contribution in [0, 0.1) is 13.8 Å². The van der Waals surface area contributed by atoms with E-state index < -0.39 is 0 Å². The number of pyridine rings is 1. The minimum atomic E-state index is 0.684. The molecule has 3 nitrogen and oxygen atoms in total. The molecule has 3 rings (SSSR count). The molecule has 3 heteroatoms. The van der Waals surface area contributed by atoms with E-state index >= 15 is 0 Å². The summed E-state index contributed by atoms with van der Waals surface area (Å²) in [5.41, 5.74) is 3.51. The molecule has 1 N–H and O–H groups in total. The van der Waals surface area contributed by atoms with Gasteiger partial charge in [0.2, 0.25) is 5.88 Å². The van der Waals surface area contributed by atoms with E-state index in [0.717, 1.165) is 23.9 Å². The first-order chi connectivity index (χ1) is 9.70. The van der Waals surface area contributed by atoms with E-state index in [1.165, 1.54) is 24.0 Å². The zero-order chi connectivity index (χ0) is 13.9. The van der Waals surface area contributed by atoms with Gasteiger partial charge in [0.15, 0.2) is 0 Å². The standard InChI is InChI=1S/C17H20N2O/c1-12-3-7-16(8-4-12)20-17-13(2)9-14(11-19-17)10-18-15-5-6-15/h3-4,7-9,11,15,18H,5-6,10H2,1-2H3. The first kappa shape index (κ1) is 13.1. The molecule has 20 heavy (non-hydrogen) atoms. The molecular weight excluding hydrogens is 248 g/mol. The van der Waals surface area contributed by atoms with Crippen LogP contribution in [0.25, 0.3) is 0 Å². The van der Waals surface area contributed by atoms with Crippen molar-refractivity contribution in [2.75, 3.05) is 0 Å². The predicted molar refractivity (Wildman–Crippen MR) is 80.1 cm³/mol. The van der Waals surface area contributed by atoms with Gasteiger partial charge in [-0.2, -0.15) is 0 Å². The quantitative estimate of drug-likeness (QED) is 0.897. The number of rotatable bonds is 5. The molecule has 0 radical (unpaired) electrons. The smallest absolute Gasteiger partial charge is 0.222 e. The summed E-state index contributed by atoms with van der Waals surface area (Å²) in [5.74, 6) is 1.51. The molecule has 0 aliphatic heterocycles. The highest BCUT2D eigenvalue weighted by molar-refractivity contribution is 5.34. The Balaban J connectivity index is 1.68. The maximum atomic E-state index is 5.83. The Labute approximate surface area is 120 Å². The van der Waals surface area contributed by atoms with Gasteiger partial charge in [-0.15, -0.1) is 0 Å². The van der Waals surface area contributed by atoms with Gasteiger partial charge in [-0.1, -0.05) is 17.7 Å². The van der Waals surface area contributed by atoms with Gasteiger partial charge in [0.05, 0.1) is 0 Å². The summed E-state index contributed by atoms with van der Waals surface area (Å²) in [6.07, 6.45) is 4.51. The number of nitrogens with zero attached hydrogens (tertiary/aromatic N) is 1. The highest BCUT2D eigenvalue weighted by Gasteiger charge is 2.20. The van der Waals surface area contributed by atoms with E-state index in [2.05, 4.69) is 23.3 Å². The zero-order valence-electron chi connectivity index (χ0n) is 12.0. The van der Waals surface area contributed by atoms with Gasteiger partial charge in [0, 0.05) is 24.3 Å². The van der Waals surface area contributed by atoms with Gasteiger partial charge in [-0.05, 0) is 50.5 Å². The van der Waals surface area contributed by atoms with E-state index in [1.807, 2.05) is 37.4 Å². The van der Waals surface area contributed by atoms with Crippen molar-refractivity contribution < 1.29 is 4.74 Å². The second-order valence-electron chi connectivity index (χ2n) is 5.54. The van der Waals surface area contributed by atoms with Crippen molar-refractivity contribution in [1.82, 2.24) is 10.3 Å². The van der Waals surface area contributed by atoms with E-state index in [1.54, 1.807) is 0 Å². The molecule has 0 unspecified atom stereocenters. The van der Waals surface area contributed by atoms with Crippen LogP contribution in [0.1, 0.15) is 29.5 Å². The second kappa shape index (κ2) is 5.63. The Morgan fingerprint density at radius 3 is 2.60 bits per heavy atom. The Bertz CT molecular complexity index is 588. The third-order valence-corrected chi connectivity index (χ3v) is 3.49. The molecule has 0 atom stereocenters. The van der Waals surface area contributed by atoms with Crippen LogP contribution in [-0.4, -0.2) is 11.0 Å². The molecule has 1 aliphatic rings. The average Bonchev–Trinajstić information content (AvgIpc) is 3.26. The van der Waals surface area contributed by atoms with Crippen LogP contribution in [-0.2, 0) is 6.54 Å². The summed E-state index contributed by atoms with van der Waals surface area (Å²) >= 11 is 0. The fraction of sp³-hybridized carbons (Fsp3) is 0.353. The van der Waals surface area contributed by atoms with Crippen molar-refractivity contribution in [2.45, 2.75) is 39.3 Å². The van der Waals surface area contributed by atoms with E-state index in [9.17, 15) is 0 Å². The third-order valence-electron chi connectivity index (χ3n) is 3.49. The minimum Gasteiger partial charge on any atom is -0.439 e. The fourth-order valence-corrected chi connectivity index (χ4v) is 2.09. The van der Waals surface area contributed by atoms with Gasteiger partial charge in [-0.25, -0.2) is 4.98 Å². The molecule has 0 saturated heterocycles. The van der Waals surface area contributed by atoms with E-state index in [4.69, 9.17) is 4.74 Å². The lowest BCUT2D eigenvalue weighted by Gasteiger charge is -2.10. The number of benzene rings is 1. The summed E-state index contributed by atoms with van der Waals surface area (Å²) in [7, 11) is 0. The number of aromatic nitrogens is 1. The minimum absolute atomic E-state index is 0.684. The summed E-state index contributed by atoms with van der Waals surface area (Å²) < 4.78 is 5.83. The second-order valence-corrected chi connectivity index (χ2v) is 5.54. The van der Waals surface area contributed by atoms with Crippen LogP contribution in [0.15, 0.2) is 36.5 Å². The molecular formula is C17H20N2O. The molecule has 2 aromatic rings. The lowest BCUT2D eigenvalue weighted by molar-refractivity contribution is 0.458. The molecule has 0 amide bonds. The van der Waals surface area contributed by atoms with Crippen molar-refractivity contribution in [3.8, 4) is 11.6 Å². The molecule has 104 valence electrons. The highest BCUT2D eigenvalue weighted by Crippen LogP contribution is 2.24. The monoisotopic (exact) mass is 268 g/mol. The van der Waals surface area contributed by atoms with Crippen LogP contribution >= 0.6 is 0 Å². The van der Waals surface area contributed by atoms with Crippen molar-refractivity contribution in [1.29, 1.82) is 0 Å². The Kier molecular flexibility index (Phi) is 3.70. The first-order valence-electron chi connectivity index (χ1n) is 7.14. The number of hydrogen-bond acceptors (Lipinski definition) is 3. The van der Waals surface area contributed by atoms with Crippen molar-refractivity contribution in [2.24, 2.45) is 0 Å². The average molecular weight is 268 g/mol. The number of ether oxygens (including phenoxy) is 1. The largest absolute Gasteiger partial charge is 0.439 e. The predicted octanol–water partition coefficient (Wildman–Crippen LogP) is 3.74. The molecule has 0 spiro atoms. The Morgan fingerprint density at radius 2 is 1.95 bits per heavy atom. The van der Waals surface area contributed by atoms with E-state index in [-0.39, 0.29) is 0 Å². The maximum absolute atomic E-state index is 5.83. The van der Waals surface area contributed by atoms with Crippen LogP contribution in [0.4, 0.5) is 0 Å². The van der Waals surface area contributed by atoms with E-state index in [0.29, 0.717) is 5.88 Å². The molecule has 1 saturated carbocycles. The van der Waals surface area contributed by atoms with Gasteiger partial charge in [-0.3, -0.25) is 0 Å². The highest BCUT2D eigenvalue weighted by atomic mass is 16.5. The van der Waals surface area contributed by atoms with Crippen LogP contribution in [0.5, 0.6) is 11.6 Å². The third kappa shape index (κ3) is 3.36. The number of aryl methyl sites for hydroxylation is 2. The van der Waals surface area contributed by atoms with Crippen molar-refractivity contribution in [3.63, 3.8) is 0 Å². The van der Waals surface area contributed by atoms with Crippen molar-refractivity contribution in [3.05, 3.63) is 53.2 Å². The van der Waals surface area contributed by atoms with Crippen LogP contribution in [0.2, 0.25) is 0 Å². The van der Waals surface area contributed by atoms with Gasteiger partial charge in [0.1, 0.15) is 5.75 Å². The molecule has 1 fully saturated rings. The molecule has 0 bridgehead atoms. The maximum Gasteiger partial charge on any atom is 0.222 e. The lowest BCUT2D eigenvalue weighted by Crippen LogP contribution is -2.15. The lowest BCUT2D eigenvalue weighted by atomic mass is 10.2. The number of nitrogens with one attached hydrogen (secondary N) is 1. The summed E-state index contributed by atoms with van der Waals surface area (Å²) in [5, 5.41) is 3.49. The van der Waals surface area contributed by atoms with Crippen LogP contribution in [0.3, 0.4) is 0 Å². The topological polar surface area (TPSA) is 34.1 Å². The molecule has 1 aromatic heterocycles. The molecule has 1 aliphatic carbocycles. The summed E-state index contributed by atoms with van der Waals surface area (Å²) in [4.78, 5) is 4.43. The normalized spacial score (nSPS) is 14.3. The molecule has 1 aromatic carbocycles. The fourth-order valence-electron chi connectivity index (χ4n) is 2.09. The zero-order valence-corrected chi connectivity index (χ0v) is 12.0. The Morgan fingerprint density at radius 1 is 1.20 bits per heavy atom. The Hall–Kier alpha value is -1.87. The van der Waals surface area contributed by atoms with Gasteiger partial charge < -0.3 is 10.1 Å². The SMILES string of the molecule is Cc1ccc(Oc2ncc(CNC3CC3)cc2C)cc1. The summed E-state index contributed by atoms with van der Waals surface area (Å²) in [6, 6.07) is 10.9. The number of hydrogen-bond donors (Lipinski definition) is 1. The van der Waals surface area contributed by atoms with Crippen LogP contribution < -0.4 is 10.1 Å². The van der Waals surface area contributed by atoms with Gasteiger partial charge >= 0.3 is 0 Å².